The molecular weight excluding hydrogens is 296 g/mol. The standard InChI is InChI=1S/C21H30N2O/c1-23(2)9-8-22-19(24)21-13-16-10-17(14-21)12-20(11-16,15-21)18-6-4-3-5-7-18/h3-7,16-17H,8-15H2,1-2H3,(H,22,24)/t16-,17+,20?,21?. The van der Waals surface area contributed by atoms with Crippen molar-refractivity contribution in [3.05, 3.63) is 35.9 Å². The molecule has 1 aromatic carbocycles. The summed E-state index contributed by atoms with van der Waals surface area (Å²) in [4.78, 5) is 15.3. The van der Waals surface area contributed by atoms with Crippen LogP contribution in [-0.2, 0) is 10.2 Å². The van der Waals surface area contributed by atoms with Crippen LogP contribution in [0.25, 0.3) is 0 Å². The lowest BCUT2D eigenvalue weighted by Crippen LogP contribution is -2.59. The third-order valence-electron chi connectivity index (χ3n) is 6.77. The molecular formula is C21H30N2O. The Morgan fingerprint density at radius 2 is 1.79 bits per heavy atom. The molecule has 0 heterocycles. The van der Waals surface area contributed by atoms with Crippen LogP contribution in [0.3, 0.4) is 0 Å². The van der Waals surface area contributed by atoms with Crippen LogP contribution in [0, 0.1) is 17.3 Å². The summed E-state index contributed by atoms with van der Waals surface area (Å²) in [6.45, 7) is 1.68. The van der Waals surface area contributed by atoms with Crippen molar-refractivity contribution in [2.45, 2.75) is 43.9 Å². The summed E-state index contributed by atoms with van der Waals surface area (Å²) in [7, 11) is 4.11. The predicted octanol–water partition coefficient (Wildman–Crippen LogP) is 3.20. The third-order valence-corrected chi connectivity index (χ3v) is 6.77. The van der Waals surface area contributed by atoms with Gasteiger partial charge in [-0.2, -0.15) is 0 Å². The van der Waals surface area contributed by atoms with Gasteiger partial charge in [0.1, 0.15) is 0 Å². The average molecular weight is 326 g/mol. The molecule has 1 amide bonds. The van der Waals surface area contributed by atoms with E-state index in [2.05, 4.69) is 54.6 Å². The molecule has 3 nitrogen and oxygen atoms in total. The number of likely N-dealkylation sites (N-methyl/N-ethyl adjacent to an activating group) is 1. The summed E-state index contributed by atoms with van der Waals surface area (Å²) < 4.78 is 0. The second kappa shape index (κ2) is 5.87. The van der Waals surface area contributed by atoms with E-state index >= 15 is 0 Å². The lowest BCUT2D eigenvalue weighted by molar-refractivity contribution is -0.149. The minimum absolute atomic E-state index is 0.105. The molecule has 1 N–H and O–H groups in total. The van der Waals surface area contributed by atoms with E-state index in [4.69, 9.17) is 0 Å². The number of nitrogens with zero attached hydrogens (tertiary/aromatic N) is 1. The topological polar surface area (TPSA) is 32.3 Å². The molecule has 4 fully saturated rings. The van der Waals surface area contributed by atoms with Gasteiger partial charge in [-0.15, -0.1) is 0 Å². The van der Waals surface area contributed by atoms with Crippen molar-refractivity contribution < 1.29 is 4.79 Å². The third kappa shape index (κ3) is 2.67. The maximum absolute atomic E-state index is 13.1. The number of amides is 1. The molecule has 4 aliphatic carbocycles. The Morgan fingerprint density at radius 3 is 2.42 bits per heavy atom. The van der Waals surface area contributed by atoms with Crippen molar-refractivity contribution in [2.75, 3.05) is 27.2 Å². The van der Waals surface area contributed by atoms with E-state index in [1.807, 2.05) is 0 Å². The highest BCUT2D eigenvalue weighted by atomic mass is 16.2. The Balaban J connectivity index is 1.58. The minimum Gasteiger partial charge on any atom is -0.354 e. The highest BCUT2D eigenvalue weighted by Gasteiger charge is 2.60. The van der Waals surface area contributed by atoms with Crippen molar-refractivity contribution in [1.82, 2.24) is 10.2 Å². The van der Waals surface area contributed by atoms with Crippen molar-refractivity contribution in [3.8, 4) is 0 Å². The van der Waals surface area contributed by atoms with Crippen LogP contribution in [0.4, 0.5) is 0 Å². The molecule has 0 aromatic heterocycles. The first-order valence-corrected chi connectivity index (χ1v) is 9.50. The van der Waals surface area contributed by atoms with Gasteiger partial charge in [0.15, 0.2) is 0 Å². The van der Waals surface area contributed by atoms with Crippen LogP contribution in [0.5, 0.6) is 0 Å². The van der Waals surface area contributed by atoms with Gasteiger partial charge in [0.2, 0.25) is 5.91 Å². The van der Waals surface area contributed by atoms with Crippen molar-refractivity contribution >= 4 is 5.91 Å². The van der Waals surface area contributed by atoms with Crippen LogP contribution < -0.4 is 5.32 Å². The van der Waals surface area contributed by atoms with E-state index in [-0.39, 0.29) is 10.8 Å². The maximum Gasteiger partial charge on any atom is 0.226 e. The zero-order valence-corrected chi connectivity index (χ0v) is 15.1. The zero-order valence-electron chi connectivity index (χ0n) is 15.1. The van der Waals surface area contributed by atoms with Crippen molar-refractivity contribution in [2.24, 2.45) is 17.3 Å². The fourth-order valence-corrected chi connectivity index (χ4v) is 6.24. The SMILES string of the molecule is CN(C)CCNC(=O)C12C[C@H]3C[C@@H](C1)CC(c1ccccc1)(C3)C2. The number of hydrogen-bond acceptors (Lipinski definition) is 2. The fourth-order valence-electron chi connectivity index (χ4n) is 6.24. The quantitative estimate of drug-likeness (QED) is 0.901. The molecule has 0 aliphatic heterocycles. The Hall–Kier alpha value is -1.35. The molecule has 0 spiro atoms. The fraction of sp³-hybridized carbons (Fsp3) is 0.667. The van der Waals surface area contributed by atoms with Crippen LogP contribution >= 0.6 is 0 Å². The van der Waals surface area contributed by atoms with E-state index in [1.165, 1.54) is 24.8 Å². The summed E-state index contributed by atoms with van der Waals surface area (Å²) in [6, 6.07) is 11.0. The molecule has 4 aliphatic rings. The van der Waals surface area contributed by atoms with Crippen LogP contribution in [0.15, 0.2) is 30.3 Å². The number of hydrogen-bond donors (Lipinski definition) is 1. The Morgan fingerprint density at radius 1 is 1.12 bits per heavy atom. The van der Waals surface area contributed by atoms with Gasteiger partial charge < -0.3 is 10.2 Å². The summed E-state index contributed by atoms with van der Waals surface area (Å²) in [5, 5.41) is 3.26. The zero-order chi connectivity index (χ0) is 16.8. The smallest absolute Gasteiger partial charge is 0.226 e. The second-order valence-corrected chi connectivity index (χ2v) is 8.95. The highest BCUT2D eigenvalue weighted by molar-refractivity contribution is 5.83. The number of carbonyl (C=O) groups is 1. The molecule has 130 valence electrons. The number of nitrogens with one attached hydrogen (secondary N) is 1. The van der Waals surface area contributed by atoms with E-state index in [0.29, 0.717) is 5.91 Å². The number of benzene rings is 1. The molecule has 2 unspecified atom stereocenters. The molecule has 4 atom stereocenters. The van der Waals surface area contributed by atoms with E-state index in [9.17, 15) is 4.79 Å². The average Bonchev–Trinajstić information content (AvgIpc) is 2.54. The van der Waals surface area contributed by atoms with Gasteiger partial charge in [0, 0.05) is 13.1 Å². The van der Waals surface area contributed by atoms with Gasteiger partial charge in [0.25, 0.3) is 0 Å². The molecule has 0 radical (unpaired) electrons. The van der Waals surface area contributed by atoms with Crippen molar-refractivity contribution in [3.63, 3.8) is 0 Å². The van der Waals surface area contributed by atoms with E-state index in [1.54, 1.807) is 0 Å². The lowest BCUT2D eigenvalue weighted by Gasteiger charge is -2.61. The van der Waals surface area contributed by atoms with E-state index in [0.717, 1.165) is 44.2 Å². The highest BCUT2D eigenvalue weighted by Crippen LogP contribution is 2.65. The largest absolute Gasteiger partial charge is 0.354 e. The number of rotatable bonds is 5. The summed E-state index contributed by atoms with van der Waals surface area (Å²) >= 11 is 0. The normalized spacial score (nSPS) is 37.0. The monoisotopic (exact) mass is 326 g/mol. The van der Waals surface area contributed by atoms with Crippen LogP contribution in [0.1, 0.15) is 44.1 Å². The van der Waals surface area contributed by atoms with E-state index < -0.39 is 0 Å². The summed E-state index contributed by atoms with van der Waals surface area (Å²) in [5.74, 6) is 1.82. The minimum atomic E-state index is -0.105. The lowest BCUT2D eigenvalue weighted by atomic mass is 9.42. The molecule has 4 saturated carbocycles. The Bertz CT molecular complexity index is 596. The Kier molecular flexibility index (Phi) is 3.95. The first kappa shape index (κ1) is 16.1. The van der Waals surface area contributed by atoms with Gasteiger partial charge >= 0.3 is 0 Å². The Labute approximate surface area is 145 Å². The van der Waals surface area contributed by atoms with Crippen LogP contribution in [-0.4, -0.2) is 38.0 Å². The molecule has 4 bridgehead atoms. The predicted molar refractivity (Wildman–Crippen MR) is 96.8 cm³/mol. The molecule has 3 heteroatoms. The van der Waals surface area contributed by atoms with Crippen molar-refractivity contribution in [1.29, 1.82) is 0 Å². The number of carbonyl (C=O) groups excluding carboxylic acids is 1. The molecule has 24 heavy (non-hydrogen) atoms. The summed E-state index contributed by atoms with van der Waals surface area (Å²) in [6.07, 6.45) is 7.23. The first-order valence-electron chi connectivity index (χ1n) is 9.50. The summed E-state index contributed by atoms with van der Waals surface area (Å²) in [5.41, 5.74) is 1.63. The second-order valence-electron chi connectivity index (χ2n) is 8.95. The first-order chi connectivity index (χ1) is 11.5. The molecule has 0 saturated heterocycles. The van der Waals surface area contributed by atoms with Gasteiger partial charge in [-0.25, -0.2) is 0 Å². The van der Waals surface area contributed by atoms with Gasteiger partial charge in [-0.1, -0.05) is 30.3 Å². The molecule has 5 rings (SSSR count). The maximum atomic E-state index is 13.1. The van der Waals surface area contributed by atoms with Gasteiger partial charge in [-0.05, 0) is 75.4 Å². The van der Waals surface area contributed by atoms with Crippen LogP contribution in [0.2, 0.25) is 0 Å². The van der Waals surface area contributed by atoms with Gasteiger partial charge in [-0.3, -0.25) is 4.79 Å². The molecule has 1 aromatic rings. The van der Waals surface area contributed by atoms with Gasteiger partial charge in [0.05, 0.1) is 5.41 Å².